The Morgan fingerprint density at radius 2 is 1.73 bits per heavy atom. The molecule has 0 saturated heterocycles. The fourth-order valence-corrected chi connectivity index (χ4v) is 2.30. The molecule has 1 amide bonds. The van der Waals surface area contributed by atoms with Crippen LogP contribution in [0.1, 0.15) is 25.0 Å². The number of carbonyl (C=O) groups excluding carboxylic acids is 1. The molecule has 0 heterocycles. The molecule has 0 fully saturated rings. The molecule has 0 radical (unpaired) electrons. The van der Waals surface area contributed by atoms with E-state index in [0.717, 1.165) is 16.9 Å². The van der Waals surface area contributed by atoms with Gasteiger partial charge in [-0.2, -0.15) is 0 Å². The average Bonchev–Trinajstić information content (AvgIpc) is 2.64. The monoisotopic (exact) mass is 353 g/mol. The van der Waals surface area contributed by atoms with Gasteiger partial charge in [-0.3, -0.25) is 4.79 Å². The summed E-state index contributed by atoms with van der Waals surface area (Å²) in [5, 5.41) is 11.6. The van der Waals surface area contributed by atoms with E-state index in [1.165, 1.54) is 6.08 Å². The van der Waals surface area contributed by atoms with E-state index in [0.29, 0.717) is 6.61 Å². The van der Waals surface area contributed by atoms with Crippen LogP contribution in [0.2, 0.25) is 0 Å². The van der Waals surface area contributed by atoms with E-state index in [2.05, 4.69) is 5.32 Å². The SMILES string of the molecule is CC(C)C(NC(=O)/C=C/c1ccc(OCc2ccccc2)cc1)C(=O)O. The lowest BCUT2D eigenvalue weighted by Crippen LogP contribution is -2.43. The number of carboxylic acids is 1. The van der Waals surface area contributed by atoms with Gasteiger partial charge in [0.25, 0.3) is 0 Å². The standard InChI is InChI=1S/C21H23NO4/c1-15(2)20(21(24)25)22-19(23)13-10-16-8-11-18(12-9-16)26-14-17-6-4-3-5-7-17/h3-13,15,20H,14H2,1-2H3,(H,22,23)(H,24,25)/b13-10+. The van der Waals surface area contributed by atoms with Gasteiger partial charge in [-0.15, -0.1) is 0 Å². The van der Waals surface area contributed by atoms with E-state index in [4.69, 9.17) is 9.84 Å². The molecule has 2 aromatic rings. The van der Waals surface area contributed by atoms with Gasteiger partial charge in [0.05, 0.1) is 0 Å². The van der Waals surface area contributed by atoms with Gasteiger partial charge in [0.1, 0.15) is 18.4 Å². The first-order chi connectivity index (χ1) is 12.5. The van der Waals surface area contributed by atoms with Crippen LogP contribution in [0.5, 0.6) is 5.75 Å². The molecule has 0 aromatic heterocycles. The molecule has 1 unspecified atom stereocenters. The van der Waals surface area contributed by atoms with Crippen LogP contribution >= 0.6 is 0 Å². The first-order valence-corrected chi connectivity index (χ1v) is 8.44. The van der Waals surface area contributed by atoms with Crippen molar-refractivity contribution in [3.63, 3.8) is 0 Å². The van der Waals surface area contributed by atoms with Crippen LogP contribution in [0.25, 0.3) is 6.08 Å². The molecule has 136 valence electrons. The number of nitrogens with one attached hydrogen (secondary N) is 1. The first kappa shape index (κ1) is 19.2. The smallest absolute Gasteiger partial charge is 0.326 e. The predicted octanol–water partition coefficient (Wildman–Crippen LogP) is 3.50. The molecule has 0 aliphatic carbocycles. The highest BCUT2D eigenvalue weighted by Crippen LogP contribution is 2.15. The molecule has 5 nitrogen and oxygen atoms in total. The minimum atomic E-state index is -1.04. The number of amides is 1. The number of hydrogen-bond donors (Lipinski definition) is 2. The zero-order valence-electron chi connectivity index (χ0n) is 14.9. The predicted molar refractivity (Wildman–Crippen MR) is 101 cm³/mol. The number of ether oxygens (including phenoxy) is 1. The second kappa shape index (κ2) is 9.42. The lowest BCUT2D eigenvalue weighted by molar-refractivity contribution is -0.142. The van der Waals surface area contributed by atoms with Crippen LogP contribution in [0, 0.1) is 5.92 Å². The van der Waals surface area contributed by atoms with Crippen LogP contribution in [0.4, 0.5) is 0 Å². The average molecular weight is 353 g/mol. The molecular formula is C21H23NO4. The summed E-state index contributed by atoms with van der Waals surface area (Å²) in [6.07, 6.45) is 2.97. The molecule has 2 rings (SSSR count). The van der Waals surface area contributed by atoms with E-state index < -0.39 is 17.9 Å². The molecule has 1 atom stereocenters. The first-order valence-electron chi connectivity index (χ1n) is 8.44. The third-order valence-corrected chi connectivity index (χ3v) is 3.79. The summed E-state index contributed by atoms with van der Waals surface area (Å²) in [6, 6.07) is 16.3. The van der Waals surface area contributed by atoms with Crippen LogP contribution in [-0.4, -0.2) is 23.0 Å². The maximum atomic E-state index is 11.9. The molecule has 0 saturated carbocycles. The highest BCUT2D eigenvalue weighted by Gasteiger charge is 2.22. The minimum absolute atomic E-state index is 0.189. The lowest BCUT2D eigenvalue weighted by Gasteiger charge is -2.16. The topological polar surface area (TPSA) is 75.6 Å². The Hall–Kier alpha value is -3.08. The summed E-state index contributed by atoms with van der Waals surface area (Å²) < 4.78 is 5.71. The number of hydrogen-bond acceptors (Lipinski definition) is 3. The second-order valence-electron chi connectivity index (χ2n) is 6.25. The molecule has 0 aliphatic heterocycles. The molecule has 0 aliphatic rings. The van der Waals surface area contributed by atoms with Crippen LogP contribution in [0.3, 0.4) is 0 Å². The van der Waals surface area contributed by atoms with Gasteiger partial charge >= 0.3 is 5.97 Å². The maximum Gasteiger partial charge on any atom is 0.326 e. The Labute approximate surface area is 153 Å². The van der Waals surface area contributed by atoms with Crippen LogP contribution < -0.4 is 10.1 Å². The molecule has 0 spiro atoms. The Balaban J connectivity index is 1.88. The zero-order chi connectivity index (χ0) is 18.9. The fraction of sp³-hybridized carbons (Fsp3) is 0.238. The Bertz CT molecular complexity index is 751. The fourth-order valence-electron chi connectivity index (χ4n) is 2.30. The van der Waals surface area contributed by atoms with Crippen molar-refractivity contribution in [3.05, 3.63) is 71.8 Å². The second-order valence-corrected chi connectivity index (χ2v) is 6.25. The van der Waals surface area contributed by atoms with Gasteiger partial charge in [-0.1, -0.05) is 56.3 Å². The van der Waals surface area contributed by atoms with Crippen molar-refractivity contribution in [2.45, 2.75) is 26.5 Å². The van der Waals surface area contributed by atoms with Crippen molar-refractivity contribution in [3.8, 4) is 5.75 Å². The van der Waals surface area contributed by atoms with E-state index in [1.54, 1.807) is 19.9 Å². The van der Waals surface area contributed by atoms with E-state index in [9.17, 15) is 9.59 Å². The third-order valence-electron chi connectivity index (χ3n) is 3.79. The van der Waals surface area contributed by atoms with Crippen LogP contribution in [0.15, 0.2) is 60.7 Å². The van der Waals surface area contributed by atoms with Gasteiger partial charge in [0.2, 0.25) is 5.91 Å². The van der Waals surface area contributed by atoms with Gasteiger partial charge in [0, 0.05) is 6.08 Å². The molecule has 2 aromatic carbocycles. The summed E-state index contributed by atoms with van der Waals surface area (Å²) in [6.45, 7) is 3.98. The van der Waals surface area contributed by atoms with Gasteiger partial charge in [-0.25, -0.2) is 4.79 Å². The quantitative estimate of drug-likeness (QED) is 0.712. The summed E-state index contributed by atoms with van der Waals surface area (Å²) >= 11 is 0. The van der Waals surface area contributed by atoms with Crippen molar-refractivity contribution in [2.75, 3.05) is 0 Å². The molecule has 2 N–H and O–H groups in total. The van der Waals surface area contributed by atoms with Gasteiger partial charge in [-0.05, 0) is 35.3 Å². The highest BCUT2D eigenvalue weighted by molar-refractivity contribution is 5.94. The van der Waals surface area contributed by atoms with Crippen molar-refractivity contribution in [1.29, 1.82) is 0 Å². The molecule has 26 heavy (non-hydrogen) atoms. The van der Waals surface area contributed by atoms with E-state index >= 15 is 0 Å². The Morgan fingerprint density at radius 3 is 2.31 bits per heavy atom. The summed E-state index contributed by atoms with van der Waals surface area (Å²) in [5.41, 5.74) is 1.91. The van der Waals surface area contributed by atoms with Crippen molar-refractivity contribution >= 4 is 18.0 Å². The summed E-state index contributed by atoms with van der Waals surface area (Å²) in [5.74, 6) is -0.927. The van der Waals surface area contributed by atoms with Crippen molar-refractivity contribution in [1.82, 2.24) is 5.32 Å². The van der Waals surface area contributed by atoms with Gasteiger partial charge in [0.15, 0.2) is 0 Å². The largest absolute Gasteiger partial charge is 0.489 e. The van der Waals surface area contributed by atoms with Gasteiger partial charge < -0.3 is 15.2 Å². The van der Waals surface area contributed by atoms with Crippen molar-refractivity contribution in [2.24, 2.45) is 5.92 Å². The number of benzene rings is 2. The number of aliphatic carboxylic acids is 1. The lowest BCUT2D eigenvalue weighted by atomic mass is 10.0. The summed E-state index contributed by atoms with van der Waals surface area (Å²) in [7, 11) is 0. The third kappa shape index (κ3) is 6.09. The van der Waals surface area contributed by atoms with E-state index in [1.807, 2.05) is 54.6 Å². The molecular weight excluding hydrogens is 330 g/mol. The maximum absolute atomic E-state index is 11.9. The normalized spacial score (nSPS) is 12.1. The number of carboxylic acid groups (broad SMARTS) is 1. The zero-order valence-corrected chi connectivity index (χ0v) is 14.9. The van der Waals surface area contributed by atoms with Crippen molar-refractivity contribution < 1.29 is 19.4 Å². The minimum Gasteiger partial charge on any atom is -0.489 e. The highest BCUT2D eigenvalue weighted by atomic mass is 16.5. The number of carbonyl (C=O) groups is 2. The Kier molecular flexibility index (Phi) is 6.97. The molecule has 5 heteroatoms. The summed E-state index contributed by atoms with van der Waals surface area (Å²) in [4.78, 5) is 23.0. The molecule has 0 bridgehead atoms. The van der Waals surface area contributed by atoms with Crippen LogP contribution in [-0.2, 0) is 16.2 Å². The Morgan fingerprint density at radius 1 is 1.08 bits per heavy atom. The van der Waals surface area contributed by atoms with E-state index in [-0.39, 0.29) is 5.92 Å². The number of rotatable bonds is 8.